The van der Waals surface area contributed by atoms with E-state index in [1.807, 2.05) is 11.8 Å². The molecule has 4 amide bonds. The van der Waals surface area contributed by atoms with E-state index in [1.165, 1.54) is 0 Å². The summed E-state index contributed by atoms with van der Waals surface area (Å²) < 4.78 is 108. The van der Waals surface area contributed by atoms with Gasteiger partial charge in [-0.15, -0.1) is 0 Å². The monoisotopic (exact) mass is 1290 g/mol. The molecule has 7 atom stereocenters. The Morgan fingerprint density at radius 1 is 0.628 bits per heavy atom. The van der Waals surface area contributed by atoms with Gasteiger partial charge in [-0.25, -0.2) is 4.21 Å². The molecule has 86 heavy (non-hydrogen) atoms. The van der Waals surface area contributed by atoms with E-state index in [4.69, 9.17) is 23.7 Å². The third-order valence-corrected chi connectivity index (χ3v) is 17.3. The van der Waals surface area contributed by atoms with Gasteiger partial charge < -0.3 is 102 Å². The predicted molar refractivity (Wildman–Crippen MR) is 318 cm³/mol. The zero-order valence-electron chi connectivity index (χ0n) is 49.4. The van der Waals surface area contributed by atoms with Crippen molar-refractivity contribution in [2.45, 2.75) is 100 Å². The minimum atomic E-state index is -4.60. The Bertz CT molecular complexity index is 2230. The quantitative estimate of drug-likeness (QED) is 0.0301. The Morgan fingerprint density at radius 3 is 1.62 bits per heavy atom. The third-order valence-electron chi connectivity index (χ3n) is 14.1. The number of aryl methyl sites for hydroxylation is 2. The summed E-state index contributed by atoms with van der Waals surface area (Å²) in [6.45, 7) is 10.4. The van der Waals surface area contributed by atoms with Gasteiger partial charge in [0.05, 0.1) is 110 Å². The molecule has 498 valence electrons. The zero-order chi connectivity index (χ0) is 63.8. The van der Waals surface area contributed by atoms with E-state index >= 15 is 0 Å². The number of ether oxygens (including phenoxy) is 5. The first-order valence-corrected chi connectivity index (χ1v) is 33.0. The molecular formula is C52H94N8O23S3. The van der Waals surface area contributed by atoms with Crippen LogP contribution in [-0.2, 0) is 58.8 Å². The number of amides is 4. The largest absolute Gasteiger partial charge is 0.494 e. The number of aliphatic hydroxyl groups excluding tert-OH is 2. The number of carboxylic acid groups (broad SMARTS) is 2. The summed E-state index contributed by atoms with van der Waals surface area (Å²) in [5, 5.41) is 49.5. The fourth-order valence-corrected chi connectivity index (χ4v) is 12.4. The number of aliphatic hydroxyl groups is 2. The lowest BCUT2D eigenvalue weighted by molar-refractivity contribution is -0.140. The Hall–Kier alpha value is -3.99. The lowest BCUT2D eigenvalue weighted by Gasteiger charge is -2.47. The number of nitrogens with zero attached hydrogens (tertiary/aromatic N) is 4. The van der Waals surface area contributed by atoms with E-state index in [0.29, 0.717) is 113 Å². The Balaban J connectivity index is 1.46. The lowest BCUT2D eigenvalue weighted by atomic mass is 9.83. The Labute approximate surface area is 508 Å². The van der Waals surface area contributed by atoms with Crippen molar-refractivity contribution >= 4 is 68.4 Å². The van der Waals surface area contributed by atoms with E-state index in [9.17, 15) is 85.3 Å². The molecule has 1 saturated carbocycles. The second-order valence-electron chi connectivity index (χ2n) is 21.0. The van der Waals surface area contributed by atoms with Crippen LogP contribution in [0.15, 0.2) is 17.0 Å². The van der Waals surface area contributed by atoms with Crippen LogP contribution in [-0.4, -0.2) is 298 Å². The Kier molecular flexibility index (Phi) is 36.0. The molecule has 2 fully saturated rings. The average Bonchev–Trinajstić information content (AvgIpc) is 1.12. The van der Waals surface area contributed by atoms with E-state index in [0.717, 1.165) is 0 Å². The fraction of sp³-hybridized carbons (Fsp3) is 0.769. The lowest BCUT2D eigenvalue weighted by Crippen LogP contribution is -2.57. The third kappa shape index (κ3) is 31.5. The topological polar surface area (TPSA) is 449 Å². The van der Waals surface area contributed by atoms with Crippen LogP contribution in [0.4, 0.5) is 0 Å². The number of likely N-dealkylation sites (N-methyl/N-ethyl adjacent to an activating group) is 1. The number of carbonyl (C=O) groups excluding carboxylic acids is 4. The average molecular weight is 1300 g/mol. The van der Waals surface area contributed by atoms with Gasteiger partial charge in [-0.05, 0) is 75.8 Å². The van der Waals surface area contributed by atoms with Crippen LogP contribution in [0.5, 0.6) is 5.75 Å². The summed E-state index contributed by atoms with van der Waals surface area (Å²) in [5.74, 6) is -5.41. The van der Waals surface area contributed by atoms with Gasteiger partial charge in [-0.3, -0.25) is 43.5 Å². The SMILES string of the molecule is CCN1CCN(CC(=O)O)CCN(CC(=O)O)CCN(CC(=O)N[C@H](CCC(=O)NCCOC2CC(CS(O)(O)O)C(O)C(S(O)(O)O)C2O)C(=O)NCCCOCCOCCOCCCNC(=O)CCCOc2cc(C)c(S(=O)O)c(C)c2)CC1. The molecule has 34 heteroatoms. The minimum Gasteiger partial charge on any atom is -0.494 e. The molecule has 0 radical (unpaired) electrons. The highest BCUT2D eigenvalue weighted by molar-refractivity contribution is 8.20. The maximum Gasteiger partial charge on any atom is 0.317 e. The molecule has 2 aliphatic rings. The Morgan fingerprint density at radius 2 is 1.12 bits per heavy atom. The minimum absolute atomic E-state index is 0.117. The van der Waals surface area contributed by atoms with Gasteiger partial charge in [0.2, 0.25) is 23.6 Å². The molecule has 1 heterocycles. The van der Waals surface area contributed by atoms with E-state index in [-0.39, 0.29) is 110 Å². The molecule has 1 aliphatic carbocycles. The van der Waals surface area contributed by atoms with Crippen LogP contribution in [0.25, 0.3) is 0 Å². The number of hydrogen-bond acceptors (Lipinski definition) is 24. The first-order chi connectivity index (χ1) is 40.7. The van der Waals surface area contributed by atoms with Gasteiger partial charge in [0.15, 0.2) is 11.1 Å². The number of carboxylic acids is 2. The first kappa shape index (κ1) is 76.3. The first-order valence-electron chi connectivity index (χ1n) is 28.6. The van der Waals surface area contributed by atoms with Gasteiger partial charge in [0.1, 0.15) is 17.0 Å². The second kappa shape index (κ2) is 40.6. The van der Waals surface area contributed by atoms with Crippen molar-refractivity contribution in [2.24, 2.45) is 5.92 Å². The molecular weight excluding hydrogens is 1200 g/mol. The number of benzene rings is 1. The van der Waals surface area contributed by atoms with E-state index < -0.39 is 104 Å². The van der Waals surface area contributed by atoms with Gasteiger partial charge >= 0.3 is 11.9 Å². The summed E-state index contributed by atoms with van der Waals surface area (Å²) in [6, 6.07) is 2.18. The van der Waals surface area contributed by atoms with Crippen molar-refractivity contribution in [3.63, 3.8) is 0 Å². The van der Waals surface area contributed by atoms with Crippen LogP contribution in [0.1, 0.15) is 63.0 Å². The normalized spacial score (nSPS) is 21.0. The van der Waals surface area contributed by atoms with Crippen molar-refractivity contribution in [2.75, 3.05) is 157 Å². The summed E-state index contributed by atoms with van der Waals surface area (Å²) in [7, 11) is -8.80. The molecule has 6 unspecified atom stereocenters. The molecule has 1 aliphatic heterocycles. The number of nitrogens with one attached hydrogen (secondary N) is 4. The molecule has 3 rings (SSSR count). The molecule has 1 aromatic carbocycles. The predicted octanol–water partition coefficient (Wildman–Crippen LogP) is -0.160. The van der Waals surface area contributed by atoms with Gasteiger partial charge in [0, 0.05) is 104 Å². The summed E-state index contributed by atoms with van der Waals surface area (Å²) in [5.41, 5.74) is 1.30. The smallest absolute Gasteiger partial charge is 0.317 e. The van der Waals surface area contributed by atoms with Crippen LogP contribution in [0, 0.1) is 19.8 Å². The van der Waals surface area contributed by atoms with Crippen LogP contribution in [0.2, 0.25) is 0 Å². The highest BCUT2D eigenvalue weighted by atomic mass is 32.3. The zero-order valence-corrected chi connectivity index (χ0v) is 51.8. The number of rotatable bonds is 39. The maximum atomic E-state index is 13.8. The molecule has 1 saturated heterocycles. The maximum absolute atomic E-state index is 13.8. The van der Waals surface area contributed by atoms with E-state index in [2.05, 4.69) is 26.2 Å². The van der Waals surface area contributed by atoms with Crippen molar-refractivity contribution in [3.8, 4) is 5.75 Å². The van der Waals surface area contributed by atoms with Crippen LogP contribution >= 0.6 is 21.7 Å². The molecule has 1 aromatic rings. The highest BCUT2D eigenvalue weighted by Gasteiger charge is 2.52. The van der Waals surface area contributed by atoms with Crippen molar-refractivity contribution in [1.82, 2.24) is 40.9 Å². The van der Waals surface area contributed by atoms with E-state index in [1.54, 1.807) is 35.8 Å². The van der Waals surface area contributed by atoms with Crippen molar-refractivity contribution in [1.29, 1.82) is 0 Å². The molecule has 31 nitrogen and oxygen atoms in total. The van der Waals surface area contributed by atoms with Gasteiger partial charge in [-0.1, -0.05) is 6.92 Å². The second-order valence-corrected chi connectivity index (χ2v) is 25.2. The van der Waals surface area contributed by atoms with Crippen molar-refractivity contribution < 1.29 is 109 Å². The molecule has 0 aromatic heterocycles. The number of hydrogen-bond donors (Lipinski definition) is 15. The summed E-state index contributed by atoms with van der Waals surface area (Å²) in [6.07, 6.45) is -4.04. The fourth-order valence-electron chi connectivity index (χ4n) is 9.72. The highest BCUT2D eigenvalue weighted by Crippen LogP contribution is 2.51. The summed E-state index contributed by atoms with van der Waals surface area (Å²) in [4.78, 5) is 83.9. The van der Waals surface area contributed by atoms with Crippen molar-refractivity contribution in [3.05, 3.63) is 23.3 Å². The number of carbonyl (C=O) groups is 6. The molecule has 0 spiro atoms. The van der Waals surface area contributed by atoms with Gasteiger partial charge in [0.25, 0.3) is 0 Å². The summed E-state index contributed by atoms with van der Waals surface area (Å²) >= 11 is -2.09. The van der Waals surface area contributed by atoms with Gasteiger partial charge in [-0.2, -0.15) is 0 Å². The number of aliphatic carboxylic acids is 2. The molecule has 15 N–H and O–H groups in total. The van der Waals surface area contributed by atoms with Crippen LogP contribution in [0.3, 0.4) is 0 Å². The molecule has 0 bridgehead atoms. The standard InChI is InChI=1S/C52H94N8O23S3/c1-4-57-14-16-58(18-19-60(35-47(66)67)21-20-59(17-15-57)34-46(64)65)33-45(63)56-41(9-10-44(62)54-13-25-83-42-32-39(36-85(73,74)75)48(68)51(49(42)69)86(76,77)78)52(70)55-12-7-23-80-27-29-81-28-26-79-22-6-11-53-43(61)8-5-24-82-40-30-37(2)50(84(71)72)38(3)31-40/h30-31,39,41-42,48-49,51,68-69,73-78H,4-29,32-36H2,1-3H3,(H,53,61)(H,54,62)(H,55,70)(H,56,63)(H,64,65)(H,66,67)(H,71,72)/t39?,41-,42?,48?,49?,51?/m1/s1. The van der Waals surface area contributed by atoms with Crippen LogP contribution < -0.4 is 26.0 Å².